The van der Waals surface area contributed by atoms with E-state index >= 15 is 0 Å². The van der Waals surface area contributed by atoms with E-state index < -0.39 is 0 Å². The highest BCUT2D eigenvalue weighted by molar-refractivity contribution is 6.18. The maximum absolute atomic E-state index is 5.70. The first-order chi connectivity index (χ1) is 6.80. The molecule has 78 valence electrons. The fraction of sp³-hybridized carbons (Fsp3) is 0.778. The second kappa shape index (κ2) is 3.18. The Morgan fingerprint density at radius 2 is 1.50 bits per heavy atom. The van der Waals surface area contributed by atoms with Gasteiger partial charge in [-0.2, -0.15) is 0 Å². The summed E-state index contributed by atoms with van der Waals surface area (Å²) in [5, 5.41) is 0. The molecular formula is C9H16ClN4+. The number of quaternary nitrogens is 1. The van der Waals surface area contributed by atoms with E-state index in [-0.39, 0.29) is 0 Å². The molecule has 0 aromatic heterocycles. The van der Waals surface area contributed by atoms with E-state index in [9.17, 15) is 0 Å². The molecule has 4 nitrogen and oxygen atoms in total. The molecule has 5 heteroatoms. The first-order valence-corrected chi connectivity index (χ1v) is 5.60. The van der Waals surface area contributed by atoms with E-state index in [0.29, 0.717) is 5.88 Å². The fourth-order valence-electron chi connectivity index (χ4n) is 2.98. The maximum Gasteiger partial charge on any atom is 0.143 e. The van der Waals surface area contributed by atoms with Crippen LogP contribution >= 0.6 is 11.6 Å². The van der Waals surface area contributed by atoms with Crippen molar-refractivity contribution in [2.45, 2.75) is 0 Å². The van der Waals surface area contributed by atoms with Crippen molar-refractivity contribution in [1.82, 2.24) is 14.7 Å². The van der Waals surface area contributed by atoms with Crippen molar-refractivity contribution in [1.29, 1.82) is 0 Å². The molecule has 4 saturated heterocycles. The van der Waals surface area contributed by atoms with E-state index in [1.54, 1.807) is 0 Å². The molecule has 0 aromatic carbocycles. The molecule has 4 aliphatic rings. The molecule has 4 rings (SSSR count). The lowest BCUT2D eigenvalue weighted by Gasteiger charge is -2.59. The van der Waals surface area contributed by atoms with Gasteiger partial charge in [-0.25, -0.2) is 14.7 Å². The Kier molecular flexibility index (Phi) is 2.07. The lowest BCUT2D eigenvalue weighted by molar-refractivity contribution is -0.937. The number of alkyl halides is 1. The minimum Gasteiger partial charge on any atom is -0.260 e. The average molecular weight is 216 g/mol. The molecule has 0 N–H and O–H groups in total. The molecule has 0 aliphatic carbocycles. The molecule has 0 amide bonds. The van der Waals surface area contributed by atoms with E-state index in [1.165, 1.54) is 0 Å². The summed E-state index contributed by atoms with van der Waals surface area (Å²) in [6.07, 6.45) is 4.36. The van der Waals surface area contributed by atoms with Crippen LogP contribution < -0.4 is 0 Å². The number of halogens is 1. The number of allylic oxidation sites excluding steroid dienone is 1. The summed E-state index contributed by atoms with van der Waals surface area (Å²) in [7, 11) is 0. The number of hydrogen-bond donors (Lipinski definition) is 0. The van der Waals surface area contributed by atoms with E-state index in [4.69, 9.17) is 11.6 Å². The minimum atomic E-state index is 0.625. The summed E-state index contributed by atoms with van der Waals surface area (Å²) in [6.45, 7) is 6.89. The van der Waals surface area contributed by atoms with Gasteiger partial charge in [0.05, 0.1) is 26.2 Å². The third-order valence-electron chi connectivity index (χ3n) is 3.16. The van der Waals surface area contributed by atoms with Crippen LogP contribution in [0.5, 0.6) is 0 Å². The maximum atomic E-state index is 5.70. The molecule has 0 unspecified atom stereocenters. The van der Waals surface area contributed by atoms with Gasteiger partial charge in [0.15, 0.2) is 0 Å². The zero-order valence-corrected chi connectivity index (χ0v) is 9.03. The summed E-state index contributed by atoms with van der Waals surface area (Å²) in [5.41, 5.74) is 0. The Bertz CT molecular complexity index is 230. The van der Waals surface area contributed by atoms with Crippen LogP contribution in [0.4, 0.5) is 0 Å². The largest absolute Gasteiger partial charge is 0.260 e. The second-order valence-electron chi connectivity index (χ2n) is 4.62. The van der Waals surface area contributed by atoms with Crippen LogP contribution in [0, 0.1) is 0 Å². The van der Waals surface area contributed by atoms with Crippen LogP contribution in [0.2, 0.25) is 0 Å². The SMILES string of the molecule is ClC/C=C/[N+]12CN3CN(CN(C3)C1)C2. The third kappa shape index (κ3) is 1.38. The topological polar surface area (TPSA) is 9.72 Å². The zero-order chi connectivity index (χ0) is 9.60. The molecule has 14 heavy (non-hydrogen) atoms. The van der Waals surface area contributed by atoms with E-state index in [2.05, 4.69) is 27.0 Å². The van der Waals surface area contributed by atoms with Gasteiger partial charge < -0.3 is 0 Å². The van der Waals surface area contributed by atoms with Crippen molar-refractivity contribution in [2.75, 3.05) is 45.9 Å². The van der Waals surface area contributed by atoms with Gasteiger partial charge in [-0.05, 0) is 6.08 Å². The van der Waals surface area contributed by atoms with Crippen molar-refractivity contribution in [3.8, 4) is 0 Å². The summed E-state index contributed by atoms with van der Waals surface area (Å²) in [4.78, 5) is 7.49. The lowest BCUT2D eigenvalue weighted by atomic mass is 10.3. The van der Waals surface area contributed by atoms with Crippen LogP contribution in [-0.4, -0.2) is 65.1 Å². The molecule has 0 atom stereocenters. The van der Waals surface area contributed by atoms with Gasteiger partial charge in [0.1, 0.15) is 20.0 Å². The van der Waals surface area contributed by atoms with Crippen molar-refractivity contribution in [3.63, 3.8) is 0 Å². The summed E-state index contributed by atoms with van der Waals surface area (Å²) in [5.74, 6) is 0.625. The van der Waals surface area contributed by atoms with Crippen molar-refractivity contribution in [3.05, 3.63) is 12.3 Å². The normalized spacial score (nSPS) is 50.5. The van der Waals surface area contributed by atoms with E-state index in [1.807, 2.05) is 0 Å². The van der Waals surface area contributed by atoms with Gasteiger partial charge in [0.25, 0.3) is 0 Å². The fourth-order valence-corrected chi connectivity index (χ4v) is 3.06. The Balaban J connectivity index is 1.84. The molecule has 4 fully saturated rings. The smallest absolute Gasteiger partial charge is 0.143 e. The van der Waals surface area contributed by atoms with Crippen molar-refractivity contribution < 1.29 is 4.48 Å². The van der Waals surface area contributed by atoms with Crippen molar-refractivity contribution in [2.24, 2.45) is 0 Å². The Hall–Kier alpha value is -0.130. The summed E-state index contributed by atoms with van der Waals surface area (Å²) >= 11 is 5.70. The molecule has 4 heterocycles. The van der Waals surface area contributed by atoms with Crippen LogP contribution in [0.25, 0.3) is 0 Å². The van der Waals surface area contributed by atoms with Crippen LogP contribution in [0.3, 0.4) is 0 Å². The zero-order valence-electron chi connectivity index (χ0n) is 8.27. The van der Waals surface area contributed by atoms with E-state index in [0.717, 1.165) is 44.5 Å². The van der Waals surface area contributed by atoms with Crippen LogP contribution in [0.1, 0.15) is 0 Å². The predicted molar refractivity (Wildman–Crippen MR) is 54.8 cm³/mol. The van der Waals surface area contributed by atoms with Gasteiger partial charge in [0.2, 0.25) is 0 Å². The molecular weight excluding hydrogens is 200 g/mol. The average Bonchev–Trinajstić information content (AvgIpc) is 2.12. The summed E-state index contributed by atoms with van der Waals surface area (Å²) in [6, 6.07) is 0. The highest BCUT2D eigenvalue weighted by Crippen LogP contribution is 2.28. The van der Waals surface area contributed by atoms with Gasteiger partial charge in [0, 0.05) is 5.88 Å². The molecule has 4 bridgehead atoms. The Morgan fingerprint density at radius 3 is 1.93 bits per heavy atom. The third-order valence-corrected chi connectivity index (χ3v) is 3.33. The Labute approximate surface area is 89.5 Å². The first kappa shape index (κ1) is 9.12. The summed E-state index contributed by atoms with van der Waals surface area (Å²) < 4.78 is 1.05. The molecule has 0 radical (unpaired) electrons. The first-order valence-electron chi connectivity index (χ1n) is 5.06. The highest BCUT2D eigenvalue weighted by atomic mass is 35.5. The van der Waals surface area contributed by atoms with Crippen LogP contribution in [-0.2, 0) is 0 Å². The number of hydrogen-bond acceptors (Lipinski definition) is 3. The monoisotopic (exact) mass is 215 g/mol. The molecule has 0 saturated carbocycles. The van der Waals surface area contributed by atoms with Crippen molar-refractivity contribution >= 4 is 11.6 Å². The Morgan fingerprint density at radius 1 is 1.00 bits per heavy atom. The van der Waals surface area contributed by atoms with Gasteiger partial charge >= 0.3 is 0 Å². The van der Waals surface area contributed by atoms with Gasteiger partial charge in [-0.3, -0.25) is 4.48 Å². The second-order valence-corrected chi connectivity index (χ2v) is 4.93. The molecule has 4 aliphatic heterocycles. The highest BCUT2D eigenvalue weighted by Gasteiger charge is 2.47. The predicted octanol–water partition coefficient (Wildman–Crippen LogP) is 0.248. The molecule has 0 aromatic rings. The minimum absolute atomic E-state index is 0.625. The molecule has 0 spiro atoms. The van der Waals surface area contributed by atoms with Gasteiger partial charge in [-0.1, -0.05) is 0 Å². The number of nitrogens with zero attached hydrogens (tertiary/aromatic N) is 4. The van der Waals surface area contributed by atoms with Crippen LogP contribution in [0.15, 0.2) is 12.3 Å². The number of rotatable bonds is 2. The van der Waals surface area contributed by atoms with Gasteiger partial charge in [-0.15, -0.1) is 11.6 Å². The standard InChI is InChI=1S/C9H16ClN4/c10-2-1-3-14-7-11-4-12(8-14)6-13(5-11)9-14/h1,3H,2,4-9H2/q+1/b3-1+. The quantitative estimate of drug-likeness (QED) is 0.483. The lowest BCUT2D eigenvalue weighted by Crippen LogP contribution is -2.77.